The minimum absolute atomic E-state index is 0.0144. The number of nitrogens with zero attached hydrogens (tertiary/aromatic N) is 1. The molecule has 0 aliphatic carbocycles. The van der Waals surface area contributed by atoms with Crippen LogP contribution in [0.3, 0.4) is 0 Å². The van der Waals surface area contributed by atoms with Crippen molar-refractivity contribution in [3.63, 3.8) is 0 Å². The van der Waals surface area contributed by atoms with Gasteiger partial charge in [0.25, 0.3) is 0 Å². The third kappa shape index (κ3) is 2.41. The first-order valence-electron chi connectivity index (χ1n) is 5.57. The maximum Gasteiger partial charge on any atom is 0.407 e. The molecular weight excluding hydrogens is 194 g/mol. The molecule has 2 heterocycles. The van der Waals surface area contributed by atoms with Crippen LogP contribution < -0.4 is 10.6 Å². The van der Waals surface area contributed by atoms with Gasteiger partial charge in [-0.05, 0) is 13.8 Å². The van der Waals surface area contributed by atoms with Gasteiger partial charge in [-0.25, -0.2) is 4.79 Å². The minimum Gasteiger partial charge on any atom is -0.443 e. The second-order valence-corrected chi connectivity index (χ2v) is 4.46. The first-order valence-corrected chi connectivity index (χ1v) is 5.57. The van der Waals surface area contributed by atoms with Crippen LogP contribution in [0.5, 0.6) is 0 Å². The summed E-state index contributed by atoms with van der Waals surface area (Å²) in [5.74, 6) is 0. The van der Waals surface area contributed by atoms with Gasteiger partial charge in [0.15, 0.2) is 0 Å². The lowest BCUT2D eigenvalue weighted by Crippen LogP contribution is -2.57. The molecule has 0 spiro atoms. The highest BCUT2D eigenvalue weighted by Crippen LogP contribution is 2.12. The average Bonchev–Trinajstić information content (AvgIpc) is 2.58. The summed E-state index contributed by atoms with van der Waals surface area (Å²) in [5, 5.41) is 6.07. The van der Waals surface area contributed by atoms with Crippen LogP contribution in [0, 0.1) is 0 Å². The fourth-order valence-corrected chi connectivity index (χ4v) is 2.30. The highest BCUT2D eigenvalue weighted by molar-refractivity contribution is 5.69. The lowest BCUT2D eigenvalue weighted by molar-refractivity contribution is 0.0561. The van der Waals surface area contributed by atoms with Gasteiger partial charge in [-0.1, -0.05) is 0 Å². The van der Waals surface area contributed by atoms with Crippen LogP contribution in [0.15, 0.2) is 0 Å². The molecule has 2 N–H and O–H groups in total. The molecule has 1 amide bonds. The molecule has 0 aromatic carbocycles. The first-order chi connectivity index (χ1) is 7.16. The van der Waals surface area contributed by atoms with E-state index in [2.05, 4.69) is 29.4 Å². The van der Waals surface area contributed by atoms with E-state index in [1.54, 1.807) is 0 Å². The van der Waals surface area contributed by atoms with Crippen molar-refractivity contribution in [2.45, 2.75) is 32.0 Å². The molecule has 3 atom stereocenters. The zero-order chi connectivity index (χ0) is 10.8. The number of rotatable bonds is 2. The van der Waals surface area contributed by atoms with Crippen LogP contribution in [0.1, 0.15) is 13.8 Å². The maximum absolute atomic E-state index is 10.9. The van der Waals surface area contributed by atoms with Crippen molar-refractivity contribution >= 4 is 6.09 Å². The van der Waals surface area contributed by atoms with Gasteiger partial charge in [0, 0.05) is 31.7 Å². The van der Waals surface area contributed by atoms with E-state index in [9.17, 15) is 4.79 Å². The lowest BCUT2D eigenvalue weighted by atomic mass is 10.1. The van der Waals surface area contributed by atoms with Gasteiger partial charge in [0.1, 0.15) is 6.10 Å². The topological polar surface area (TPSA) is 53.6 Å². The van der Waals surface area contributed by atoms with E-state index in [4.69, 9.17) is 4.74 Å². The molecule has 5 heteroatoms. The van der Waals surface area contributed by atoms with Gasteiger partial charge in [-0.2, -0.15) is 0 Å². The molecule has 86 valence electrons. The Morgan fingerprint density at radius 1 is 1.33 bits per heavy atom. The van der Waals surface area contributed by atoms with Crippen molar-refractivity contribution in [2.75, 3.05) is 26.2 Å². The molecule has 0 bridgehead atoms. The molecule has 0 radical (unpaired) electrons. The van der Waals surface area contributed by atoms with Crippen molar-refractivity contribution in [3.8, 4) is 0 Å². The van der Waals surface area contributed by atoms with E-state index in [0.717, 1.165) is 19.6 Å². The molecule has 5 nitrogen and oxygen atoms in total. The standard InChI is InChI=1S/C10H19N3O2/c1-7-3-11-4-8(2)13(7)6-9-5-12-10(14)15-9/h7-9,11H,3-6H2,1-2H3,(H,12,14). The molecule has 2 aliphatic rings. The third-order valence-corrected chi connectivity index (χ3v) is 3.17. The SMILES string of the molecule is CC1CNCC(C)N1CC1CNC(=O)O1. The van der Waals surface area contributed by atoms with E-state index in [1.807, 2.05) is 0 Å². The number of amides is 1. The lowest BCUT2D eigenvalue weighted by Gasteiger charge is -2.40. The van der Waals surface area contributed by atoms with Gasteiger partial charge in [-0.3, -0.25) is 4.90 Å². The van der Waals surface area contributed by atoms with Crippen molar-refractivity contribution < 1.29 is 9.53 Å². The predicted octanol–water partition coefficient (Wildman–Crippen LogP) is -0.223. The summed E-state index contributed by atoms with van der Waals surface area (Å²) < 4.78 is 5.15. The number of hydrogen-bond donors (Lipinski definition) is 2. The van der Waals surface area contributed by atoms with Crippen molar-refractivity contribution in [2.24, 2.45) is 0 Å². The van der Waals surface area contributed by atoms with E-state index in [1.165, 1.54) is 0 Å². The Morgan fingerprint density at radius 3 is 2.53 bits per heavy atom. The van der Waals surface area contributed by atoms with Crippen molar-refractivity contribution in [1.82, 2.24) is 15.5 Å². The molecular formula is C10H19N3O2. The van der Waals surface area contributed by atoms with E-state index in [-0.39, 0.29) is 12.2 Å². The zero-order valence-corrected chi connectivity index (χ0v) is 9.32. The quantitative estimate of drug-likeness (QED) is 0.666. The van der Waals surface area contributed by atoms with Crippen LogP contribution in [-0.4, -0.2) is 55.4 Å². The molecule has 2 rings (SSSR count). The molecule has 2 saturated heterocycles. The molecule has 2 fully saturated rings. The summed E-state index contributed by atoms with van der Waals surface area (Å²) in [7, 11) is 0. The van der Waals surface area contributed by atoms with Crippen LogP contribution in [-0.2, 0) is 4.74 Å². The maximum atomic E-state index is 10.9. The van der Waals surface area contributed by atoms with Crippen LogP contribution >= 0.6 is 0 Å². The van der Waals surface area contributed by atoms with Gasteiger partial charge in [-0.15, -0.1) is 0 Å². The largest absolute Gasteiger partial charge is 0.443 e. The van der Waals surface area contributed by atoms with E-state index >= 15 is 0 Å². The molecule has 0 saturated carbocycles. The summed E-state index contributed by atoms with van der Waals surface area (Å²) in [6.07, 6.45) is -0.268. The van der Waals surface area contributed by atoms with Crippen LogP contribution in [0.2, 0.25) is 0 Å². The fraction of sp³-hybridized carbons (Fsp3) is 0.900. The predicted molar refractivity (Wildman–Crippen MR) is 56.8 cm³/mol. The first kappa shape index (κ1) is 10.7. The Balaban J connectivity index is 1.88. The third-order valence-electron chi connectivity index (χ3n) is 3.17. The summed E-state index contributed by atoms with van der Waals surface area (Å²) in [6.45, 7) is 7.90. The summed E-state index contributed by atoms with van der Waals surface area (Å²) in [5.41, 5.74) is 0. The van der Waals surface area contributed by atoms with Gasteiger partial charge in [0.2, 0.25) is 0 Å². The highest BCUT2D eigenvalue weighted by Gasteiger charge is 2.30. The molecule has 15 heavy (non-hydrogen) atoms. The Kier molecular flexibility index (Phi) is 3.11. The Morgan fingerprint density at radius 2 is 2.00 bits per heavy atom. The highest BCUT2D eigenvalue weighted by atomic mass is 16.6. The number of piperazine rings is 1. The second kappa shape index (κ2) is 4.37. The summed E-state index contributed by atoms with van der Waals surface area (Å²) >= 11 is 0. The Hall–Kier alpha value is -0.810. The zero-order valence-electron chi connectivity index (χ0n) is 9.32. The van der Waals surface area contributed by atoms with Crippen molar-refractivity contribution in [1.29, 1.82) is 0 Å². The monoisotopic (exact) mass is 213 g/mol. The van der Waals surface area contributed by atoms with Crippen molar-refractivity contribution in [3.05, 3.63) is 0 Å². The molecule has 0 aromatic rings. The molecule has 3 unspecified atom stereocenters. The molecule has 2 aliphatic heterocycles. The Labute approximate surface area is 90.1 Å². The summed E-state index contributed by atoms with van der Waals surface area (Å²) in [4.78, 5) is 13.3. The number of hydrogen-bond acceptors (Lipinski definition) is 4. The second-order valence-electron chi connectivity index (χ2n) is 4.46. The van der Waals surface area contributed by atoms with Gasteiger partial charge in [0.05, 0.1) is 6.54 Å². The summed E-state index contributed by atoms with van der Waals surface area (Å²) in [6, 6.07) is 1.01. The van der Waals surface area contributed by atoms with E-state index < -0.39 is 0 Å². The number of cyclic esters (lactones) is 1. The number of nitrogens with one attached hydrogen (secondary N) is 2. The number of alkyl carbamates (subject to hydrolysis) is 1. The number of ether oxygens (including phenoxy) is 1. The minimum atomic E-state index is -0.282. The number of carbonyl (C=O) groups is 1. The number of carbonyl (C=O) groups excluding carboxylic acids is 1. The Bertz CT molecular complexity index is 237. The van der Waals surface area contributed by atoms with Gasteiger partial charge >= 0.3 is 6.09 Å². The normalized spacial score (nSPS) is 37.5. The van der Waals surface area contributed by atoms with Crippen LogP contribution in [0.25, 0.3) is 0 Å². The molecule has 0 aromatic heterocycles. The smallest absolute Gasteiger partial charge is 0.407 e. The average molecular weight is 213 g/mol. The fourth-order valence-electron chi connectivity index (χ4n) is 2.30. The van der Waals surface area contributed by atoms with E-state index in [0.29, 0.717) is 18.6 Å². The van der Waals surface area contributed by atoms with Gasteiger partial charge < -0.3 is 15.4 Å². The van der Waals surface area contributed by atoms with Crippen LogP contribution in [0.4, 0.5) is 4.79 Å².